The van der Waals surface area contributed by atoms with Gasteiger partial charge in [-0.25, -0.2) is 4.98 Å². The smallest absolute Gasteiger partial charge is 0.222 e. The first-order chi connectivity index (χ1) is 10.1. The van der Waals surface area contributed by atoms with E-state index in [0.29, 0.717) is 12.4 Å². The van der Waals surface area contributed by atoms with Gasteiger partial charge in [0.25, 0.3) is 0 Å². The van der Waals surface area contributed by atoms with E-state index in [1.165, 1.54) is 0 Å². The third-order valence-corrected chi connectivity index (χ3v) is 3.24. The minimum absolute atomic E-state index is 0.256. The molecule has 1 heterocycles. The van der Waals surface area contributed by atoms with Crippen LogP contribution in [0.5, 0.6) is 5.75 Å². The van der Waals surface area contributed by atoms with Gasteiger partial charge in [0.1, 0.15) is 11.6 Å². The minimum Gasteiger partial charge on any atom is -0.493 e. The fraction of sp³-hybridized carbons (Fsp3) is 0.333. The Hall–Kier alpha value is -1.82. The van der Waals surface area contributed by atoms with Crippen molar-refractivity contribution in [3.63, 3.8) is 0 Å². The number of hydrogen-bond acceptors (Lipinski definition) is 5. The van der Waals surface area contributed by atoms with Crippen molar-refractivity contribution in [2.24, 2.45) is 0 Å². The molecule has 0 spiro atoms. The molecule has 2 rings (SSSR count). The second kappa shape index (κ2) is 7.26. The van der Waals surface area contributed by atoms with Gasteiger partial charge in [-0.1, -0.05) is 29.3 Å². The van der Waals surface area contributed by atoms with Gasteiger partial charge in [-0.05, 0) is 25.5 Å². The number of nitrogens with two attached hydrogens (primary N) is 1. The second-order valence-corrected chi connectivity index (χ2v) is 5.67. The van der Waals surface area contributed by atoms with E-state index in [9.17, 15) is 0 Å². The zero-order valence-corrected chi connectivity index (χ0v) is 13.8. The molecule has 1 aromatic carbocycles. The van der Waals surface area contributed by atoms with E-state index in [-0.39, 0.29) is 5.95 Å². The number of aryl methyl sites for hydroxylation is 1. The summed E-state index contributed by atoms with van der Waals surface area (Å²) in [6.07, 6.45) is 2.15. The Kier molecular flexibility index (Phi) is 5.38. The maximum Gasteiger partial charge on any atom is 0.222 e. The number of ether oxygens (including phenoxy) is 1. The predicted molar refractivity (Wildman–Crippen MR) is 89.0 cm³/mol. The largest absolute Gasteiger partial charge is 0.493 e. The van der Waals surface area contributed by atoms with Crippen LogP contribution >= 0.6 is 15.9 Å². The zero-order valence-electron chi connectivity index (χ0n) is 12.2. The standard InChI is InChI=1S/C15H19BrN4O/c1-3-4-5-21-13-8-11(16)7-12(9-13)19-14-6-10(2)18-15(17)20-14/h6-9H,3-5H2,1-2H3,(H3,17,18,19,20). The highest BCUT2D eigenvalue weighted by Crippen LogP contribution is 2.27. The summed E-state index contributed by atoms with van der Waals surface area (Å²) < 4.78 is 6.67. The van der Waals surface area contributed by atoms with E-state index in [0.717, 1.165) is 34.4 Å². The normalized spacial score (nSPS) is 10.4. The third-order valence-electron chi connectivity index (χ3n) is 2.78. The average Bonchev–Trinajstić information content (AvgIpc) is 2.37. The van der Waals surface area contributed by atoms with Crippen molar-refractivity contribution in [3.05, 3.63) is 34.4 Å². The molecule has 0 aliphatic heterocycles. The van der Waals surface area contributed by atoms with Gasteiger partial charge < -0.3 is 15.8 Å². The van der Waals surface area contributed by atoms with Crippen molar-refractivity contribution < 1.29 is 4.74 Å². The minimum atomic E-state index is 0.256. The van der Waals surface area contributed by atoms with Crippen molar-refractivity contribution in [1.82, 2.24) is 9.97 Å². The van der Waals surface area contributed by atoms with E-state index in [1.54, 1.807) is 0 Å². The summed E-state index contributed by atoms with van der Waals surface area (Å²) in [5, 5.41) is 3.22. The first-order valence-corrected chi connectivity index (χ1v) is 7.67. The summed E-state index contributed by atoms with van der Waals surface area (Å²) in [6, 6.07) is 7.68. The Morgan fingerprint density at radius 3 is 2.76 bits per heavy atom. The van der Waals surface area contributed by atoms with Gasteiger partial charge in [0, 0.05) is 28.0 Å². The molecular formula is C15H19BrN4O. The molecule has 0 amide bonds. The Morgan fingerprint density at radius 1 is 1.24 bits per heavy atom. The van der Waals surface area contributed by atoms with Crippen LogP contribution in [-0.4, -0.2) is 16.6 Å². The van der Waals surface area contributed by atoms with Gasteiger partial charge in [-0.15, -0.1) is 0 Å². The van der Waals surface area contributed by atoms with Crippen molar-refractivity contribution in [1.29, 1.82) is 0 Å². The number of anilines is 3. The lowest BCUT2D eigenvalue weighted by molar-refractivity contribution is 0.309. The molecule has 0 saturated carbocycles. The Balaban J connectivity index is 2.15. The van der Waals surface area contributed by atoms with E-state index >= 15 is 0 Å². The highest BCUT2D eigenvalue weighted by atomic mass is 79.9. The number of aromatic nitrogens is 2. The fourth-order valence-corrected chi connectivity index (χ4v) is 2.33. The fourth-order valence-electron chi connectivity index (χ4n) is 1.86. The van der Waals surface area contributed by atoms with Crippen molar-refractivity contribution in [3.8, 4) is 5.75 Å². The predicted octanol–water partition coefficient (Wildman–Crippen LogP) is 4.05. The molecule has 6 heteroatoms. The number of hydrogen-bond donors (Lipinski definition) is 2. The Bertz CT molecular complexity index is 598. The second-order valence-electron chi connectivity index (χ2n) is 4.76. The number of unbranched alkanes of at least 4 members (excludes halogenated alkanes) is 1. The van der Waals surface area contributed by atoms with Crippen molar-refractivity contribution in [2.45, 2.75) is 26.7 Å². The Morgan fingerprint density at radius 2 is 2.05 bits per heavy atom. The van der Waals surface area contributed by atoms with Crippen LogP contribution in [0.15, 0.2) is 28.7 Å². The number of nitrogen functional groups attached to an aromatic ring is 1. The lowest BCUT2D eigenvalue weighted by Crippen LogP contribution is -2.02. The van der Waals surface area contributed by atoms with Crippen LogP contribution in [0.3, 0.4) is 0 Å². The number of nitrogens with one attached hydrogen (secondary N) is 1. The highest BCUT2D eigenvalue weighted by Gasteiger charge is 2.04. The lowest BCUT2D eigenvalue weighted by Gasteiger charge is -2.11. The van der Waals surface area contributed by atoms with Gasteiger partial charge in [0.05, 0.1) is 6.61 Å². The SMILES string of the molecule is CCCCOc1cc(Br)cc(Nc2cc(C)nc(N)n2)c1. The average molecular weight is 351 g/mol. The van der Waals surface area contributed by atoms with Crippen LogP contribution in [0.4, 0.5) is 17.5 Å². The van der Waals surface area contributed by atoms with Crippen LogP contribution in [0.1, 0.15) is 25.5 Å². The lowest BCUT2D eigenvalue weighted by atomic mass is 10.3. The first kappa shape index (κ1) is 15.6. The molecule has 2 aromatic rings. The van der Waals surface area contributed by atoms with Crippen LogP contribution in [0.2, 0.25) is 0 Å². The zero-order chi connectivity index (χ0) is 15.2. The topological polar surface area (TPSA) is 73.1 Å². The molecule has 0 aliphatic carbocycles. The maximum atomic E-state index is 5.73. The van der Waals surface area contributed by atoms with Crippen molar-refractivity contribution in [2.75, 3.05) is 17.7 Å². The van der Waals surface area contributed by atoms with Crippen LogP contribution in [-0.2, 0) is 0 Å². The molecule has 0 saturated heterocycles. The number of benzene rings is 1. The molecular weight excluding hydrogens is 332 g/mol. The highest BCUT2D eigenvalue weighted by molar-refractivity contribution is 9.10. The monoisotopic (exact) mass is 350 g/mol. The van der Waals surface area contributed by atoms with Gasteiger partial charge in [-0.2, -0.15) is 4.98 Å². The number of rotatable bonds is 6. The molecule has 21 heavy (non-hydrogen) atoms. The molecule has 0 bridgehead atoms. The van der Waals surface area contributed by atoms with Crippen LogP contribution in [0.25, 0.3) is 0 Å². The quantitative estimate of drug-likeness (QED) is 0.768. The summed E-state index contributed by atoms with van der Waals surface area (Å²) >= 11 is 3.49. The molecule has 0 atom stereocenters. The molecule has 0 unspecified atom stereocenters. The maximum absolute atomic E-state index is 5.73. The molecule has 0 aliphatic rings. The van der Waals surface area contributed by atoms with E-state index in [2.05, 4.69) is 38.1 Å². The van der Waals surface area contributed by atoms with Gasteiger partial charge >= 0.3 is 0 Å². The molecule has 1 aromatic heterocycles. The summed E-state index contributed by atoms with van der Waals surface area (Å²) in [4.78, 5) is 8.22. The van der Waals surface area contributed by atoms with Crippen LogP contribution < -0.4 is 15.8 Å². The molecule has 5 nitrogen and oxygen atoms in total. The Labute approximate surface area is 133 Å². The molecule has 0 fully saturated rings. The molecule has 112 valence electrons. The number of halogens is 1. The van der Waals surface area contributed by atoms with E-state index < -0.39 is 0 Å². The summed E-state index contributed by atoms with van der Waals surface area (Å²) in [5.74, 6) is 1.74. The van der Waals surface area contributed by atoms with E-state index in [4.69, 9.17) is 10.5 Å². The van der Waals surface area contributed by atoms with Gasteiger partial charge in [-0.3, -0.25) is 0 Å². The van der Waals surface area contributed by atoms with Crippen LogP contribution in [0, 0.1) is 6.92 Å². The summed E-state index contributed by atoms with van der Waals surface area (Å²) in [5.41, 5.74) is 7.36. The summed E-state index contributed by atoms with van der Waals surface area (Å²) in [6.45, 7) is 4.73. The van der Waals surface area contributed by atoms with Crippen molar-refractivity contribution >= 4 is 33.4 Å². The molecule has 0 radical (unpaired) electrons. The van der Waals surface area contributed by atoms with Gasteiger partial charge in [0.2, 0.25) is 5.95 Å². The molecule has 3 N–H and O–H groups in total. The number of nitrogens with zero attached hydrogens (tertiary/aromatic N) is 2. The van der Waals surface area contributed by atoms with Gasteiger partial charge in [0.15, 0.2) is 0 Å². The third kappa shape index (κ3) is 4.90. The van der Waals surface area contributed by atoms with E-state index in [1.807, 2.05) is 31.2 Å². The summed E-state index contributed by atoms with van der Waals surface area (Å²) in [7, 11) is 0. The first-order valence-electron chi connectivity index (χ1n) is 6.88.